The Labute approximate surface area is 131 Å². The van der Waals surface area contributed by atoms with Crippen LogP contribution in [0.15, 0.2) is 24.3 Å². The second kappa shape index (κ2) is 5.95. The highest BCUT2D eigenvalue weighted by Gasteiger charge is 2.11. The van der Waals surface area contributed by atoms with Crippen molar-refractivity contribution >= 4 is 20.9 Å². The van der Waals surface area contributed by atoms with E-state index >= 15 is 0 Å². The lowest BCUT2D eigenvalue weighted by molar-refractivity contribution is 0.414. The van der Waals surface area contributed by atoms with Gasteiger partial charge >= 0.3 is 0 Å². The van der Waals surface area contributed by atoms with Gasteiger partial charge in [-0.05, 0) is 50.7 Å². The molecular weight excluding hydrogens is 274 g/mol. The van der Waals surface area contributed by atoms with Crippen LogP contribution < -0.4 is 4.72 Å². The average Bonchev–Trinajstić information content (AvgIpc) is 2.91. The van der Waals surface area contributed by atoms with Crippen LogP contribution in [0.2, 0.25) is 0 Å². The van der Waals surface area contributed by atoms with E-state index in [0.29, 0.717) is 0 Å². The number of aromatic amines is 1. The van der Waals surface area contributed by atoms with Crippen LogP contribution in [0.5, 0.6) is 0 Å². The minimum absolute atomic E-state index is 0.00642. The molecule has 6 heteroatoms. The van der Waals surface area contributed by atoms with Crippen LogP contribution in [0.4, 0.5) is 0 Å². The molecule has 0 aliphatic heterocycles. The Hall–Kier alpha value is -1.37. The zero-order valence-corrected chi connectivity index (χ0v) is 12.0. The summed E-state index contributed by atoms with van der Waals surface area (Å²) in [7, 11) is -1.08. The lowest BCUT2D eigenvalue weighted by Gasteiger charge is -2.08. The molecule has 2 rings (SSSR count). The molecule has 0 aliphatic carbocycles. The number of sulfonamides is 1. The SMILES string of the molecule is [2H]c1c(CS(=O)(=O)NC([2H])([2H])[2H])c([2H])c2c(C([2H])([2H])CN(C)C)c[nH]c2c1[2H]. The van der Waals surface area contributed by atoms with Gasteiger partial charge in [0, 0.05) is 30.5 Å². The monoisotopic (exact) mass is 303 g/mol. The summed E-state index contributed by atoms with van der Waals surface area (Å²) in [6.07, 6.45) is -0.608. The minimum atomic E-state index is -4.42. The number of likely N-dealkylation sites (N-methyl/N-ethyl adjacent to an activating group) is 1. The molecule has 0 amide bonds. The predicted octanol–water partition coefficient (Wildman–Crippen LogP) is 1.32. The first-order valence-corrected chi connectivity index (χ1v) is 7.47. The van der Waals surface area contributed by atoms with E-state index in [-0.39, 0.29) is 28.6 Å². The molecule has 0 saturated heterocycles. The van der Waals surface area contributed by atoms with E-state index in [0.717, 1.165) is 0 Å². The standard InChI is InChI=1S/C14H21N3O2S/c1-15-20(18,19)10-11-4-5-14-13(8-11)12(9-16-14)6-7-17(2)3/h4-5,8-9,15-16H,6-7,10H2,1-3H3/i1D3,4D,5D,6D2,8D. The fourth-order valence-corrected chi connectivity index (χ4v) is 2.25. The van der Waals surface area contributed by atoms with E-state index in [2.05, 4.69) is 4.98 Å². The summed E-state index contributed by atoms with van der Waals surface area (Å²) < 4.78 is 88.0. The van der Waals surface area contributed by atoms with E-state index in [9.17, 15) is 8.42 Å². The highest BCUT2D eigenvalue weighted by molar-refractivity contribution is 7.88. The minimum Gasteiger partial charge on any atom is -0.361 e. The number of H-pyrrole nitrogens is 1. The van der Waals surface area contributed by atoms with Crippen LogP contribution in [0.3, 0.4) is 0 Å². The fourth-order valence-electron chi connectivity index (χ4n) is 1.65. The molecule has 0 unspecified atom stereocenters. The number of hydrogen-bond acceptors (Lipinski definition) is 3. The Morgan fingerprint density at radius 2 is 2.30 bits per heavy atom. The molecule has 0 saturated carbocycles. The maximum Gasteiger partial charge on any atom is 0.215 e. The Bertz CT molecular complexity index is 998. The molecule has 2 N–H and O–H groups in total. The molecule has 0 radical (unpaired) electrons. The largest absolute Gasteiger partial charge is 0.361 e. The van der Waals surface area contributed by atoms with Crippen molar-refractivity contribution in [1.29, 1.82) is 0 Å². The van der Waals surface area contributed by atoms with Crippen LogP contribution in [0, 0.1) is 0 Å². The first-order valence-electron chi connectivity index (χ1n) is 9.82. The van der Waals surface area contributed by atoms with Crippen LogP contribution in [0.1, 0.15) is 22.1 Å². The van der Waals surface area contributed by atoms with Gasteiger partial charge in [0.05, 0.1) is 9.87 Å². The van der Waals surface area contributed by atoms with Gasteiger partial charge in [0.15, 0.2) is 0 Å². The van der Waals surface area contributed by atoms with Gasteiger partial charge in [0.2, 0.25) is 10.0 Å². The van der Waals surface area contributed by atoms with Gasteiger partial charge in [-0.25, -0.2) is 13.1 Å². The molecule has 0 bridgehead atoms. The number of hydrogen-bond donors (Lipinski definition) is 2. The molecular formula is C14H21N3O2S. The van der Waals surface area contributed by atoms with Crippen molar-refractivity contribution in [3.05, 3.63) is 35.5 Å². The smallest absolute Gasteiger partial charge is 0.215 e. The number of benzene rings is 1. The van der Waals surface area contributed by atoms with E-state index in [1.807, 2.05) is 0 Å². The van der Waals surface area contributed by atoms with Crippen LogP contribution >= 0.6 is 0 Å². The van der Waals surface area contributed by atoms with Crippen molar-refractivity contribution in [1.82, 2.24) is 14.6 Å². The van der Waals surface area contributed by atoms with E-state index in [1.165, 1.54) is 10.9 Å². The van der Waals surface area contributed by atoms with Gasteiger partial charge in [-0.2, -0.15) is 0 Å². The quantitative estimate of drug-likeness (QED) is 0.846. The summed E-state index contributed by atoms with van der Waals surface area (Å²) in [5.74, 6) is -0.980. The van der Waals surface area contributed by atoms with Crippen molar-refractivity contribution < 1.29 is 19.4 Å². The number of rotatable bonds is 6. The molecule has 0 aliphatic rings. The van der Waals surface area contributed by atoms with Gasteiger partial charge in [0.25, 0.3) is 0 Å². The molecule has 1 aromatic carbocycles. The number of nitrogens with zero attached hydrogens (tertiary/aromatic N) is 1. The Balaban J connectivity index is 2.68. The summed E-state index contributed by atoms with van der Waals surface area (Å²) >= 11 is 0. The maximum absolute atomic E-state index is 12.1. The summed E-state index contributed by atoms with van der Waals surface area (Å²) in [4.78, 5) is 4.31. The number of aromatic nitrogens is 1. The number of nitrogens with one attached hydrogen (secondary N) is 2. The molecule has 1 aromatic heterocycles. The normalized spacial score (nSPS) is 19.6. The van der Waals surface area contributed by atoms with Gasteiger partial charge in [-0.1, -0.05) is 6.04 Å². The Morgan fingerprint density at radius 1 is 1.50 bits per heavy atom. The Kier molecular flexibility index (Phi) is 2.26. The second-order valence-corrected chi connectivity index (χ2v) is 6.30. The molecule has 5 nitrogen and oxygen atoms in total. The maximum atomic E-state index is 12.1. The van der Waals surface area contributed by atoms with Crippen molar-refractivity contribution in [2.24, 2.45) is 0 Å². The fraction of sp³-hybridized carbons (Fsp3) is 0.429. The van der Waals surface area contributed by atoms with Crippen LogP contribution in [-0.4, -0.2) is 45.9 Å². The lowest BCUT2D eigenvalue weighted by Crippen LogP contribution is -2.20. The first kappa shape index (κ1) is 7.59. The molecule has 110 valence electrons. The topological polar surface area (TPSA) is 65.2 Å². The van der Waals surface area contributed by atoms with Gasteiger partial charge in [0.1, 0.15) is 0 Å². The number of fused-ring (bicyclic) bond motifs is 1. The summed E-state index contributed by atoms with van der Waals surface area (Å²) in [5.41, 5.74) is -0.245. The van der Waals surface area contributed by atoms with Crippen molar-refractivity contribution in [3.63, 3.8) is 0 Å². The first-order chi connectivity index (χ1) is 12.6. The van der Waals surface area contributed by atoms with Crippen LogP contribution in [0.25, 0.3) is 10.9 Å². The molecule has 0 spiro atoms. The van der Waals surface area contributed by atoms with Gasteiger partial charge < -0.3 is 9.88 Å². The second-order valence-electron chi connectivity index (χ2n) is 4.58. The van der Waals surface area contributed by atoms with E-state index < -0.39 is 47.3 Å². The predicted molar refractivity (Wildman–Crippen MR) is 82.2 cm³/mol. The molecule has 0 fully saturated rings. The summed E-state index contributed by atoms with van der Waals surface area (Å²) in [6, 6.07) is -1.35. The van der Waals surface area contributed by atoms with E-state index in [4.69, 9.17) is 11.0 Å². The summed E-state index contributed by atoms with van der Waals surface area (Å²) in [5, 5.41) is 0.00642. The molecule has 20 heavy (non-hydrogen) atoms. The molecule has 2 aromatic rings. The molecule has 0 atom stereocenters. The van der Waals surface area contributed by atoms with Crippen LogP contribution in [-0.2, 0) is 22.1 Å². The third-order valence-corrected chi connectivity index (χ3v) is 3.55. The van der Waals surface area contributed by atoms with Crippen molar-refractivity contribution in [2.75, 3.05) is 27.6 Å². The average molecular weight is 303 g/mol. The highest BCUT2D eigenvalue weighted by Crippen LogP contribution is 2.21. The summed E-state index contributed by atoms with van der Waals surface area (Å²) in [6.45, 7) is -3.00. The van der Waals surface area contributed by atoms with Gasteiger partial charge in [-0.3, -0.25) is 0 Å². The third-order valence-electron chi connectivity index (χ3n) is 2.57. The third kappa shape index (κ3) is 3.59. The molecule has 1 heterocycles. The zero-order valence-electron chi connectivity index (χ0n) is 19.2. The lowest BCUT2D eigenvalue weighted by atomic mass is 10.1. The zero-order chi connectivity index (χ0) is 21.7. The van der Waals surface area contributed by atoms with E-state index in [1.54, 1.807) is 19.0 Å². The van der Waals surface area contributed by atoms with Crippen molar-refractivity contribution in [2.45, 2.75) is 12.1 Å². The Morgan fingerprint density at radius 3 is 3.00 bits per heavy atom. The van der Waals surface area contributed by atoms with Gasteiger partial charge in [-0.15, -0.1) is 0 Å². The van der Waals surface area contributed by atoms with Crippen molar-refractivity contribution in [3.8, 4) is 0 Å². The highest BCUT2D eigenvalue weighted by atomic mass is 32.2.